The summed E-state index contributed by atoms with van der Waals surface area (Å²) in [6.45, 7) is 7.63. The first-order chi connectivity index (χ1) is 8.60. The SMILES string of the molecule is C=CCOc1cc(C(=O)O)cc(OCC=C)c1Br. The summed E-state index contributed by atoms with van der Waals surface area (Å²) >= 11 is 3.31. The molecule has 0 spiro atoms. The van der Waals surface area contributed by atoms with E-state index in [9.17, 15) is 4.79 Å². The summed E-state index contributed by atoms with van der Waals surface area (Å²) in [4.78, 5) is 11.0. The predicted molar refractivity (Wildman–Crippen MR) is 72.5 cm³/mol. The molecular formula is C13H13BrO4. The number of rotatable bonds is 7. The second-order valence-corrected chi connectivity index (χ2v) is 4.08. The fraction of sp³-hybridized carbons (Fsp3) is 0.154. The van der Waals surface area contributed by atoms with E-state index in [1.807, 2.05) is 0 Å². The minimum Gasteiger partial charge on any atom is -0.488 e. The van der Waals surface area contributed by atoms with Crippen LogP contribution in [-0.2, 0) is 0 Å². The monoisotopic (exact) mass is 312 g/mol. The lowest BCUT2D eigenvalue weighted by atomic mass is 10.2. The van der Waals surface area contributed by atoms with Crippen LogP contribution < -0.4 is 9.47 Å². The zero-order valence-corrected chi connectivity index (χ0v) is 11.3. The van der Waals surface area contributed by atoms with E-state index in [0.717, 1.165) is 0 Å². The third-order valence-corrected chi connectivity index (χ3v) is 2.75. The molecule has 0 amide bonds. The second-order valence-electron chi connectivity index (χ2n) is 3.29. The molecule has 0 atom stereocenters. The number of aromatic carboxylic acids is 1. The van der Waals surface area contributed by atoms with E-state index in [-0.39, 0.29) is 18.8 Å². The molecule has 1 aromatic rings. The molecule has 0 aliphatic heterocycles. The Hall–Kier alpha value is -1.75. The quantitative estimate of drug-likeness (QED) is 0.785. The minimum absolute atomic E-state index is 0.0938. The first kappa shape index (κ1) is 14.3. The Kier molecular flexibility index (Phi) is 5.45. The van der Waals surface area contributed by atoms with Gasteiger partial charge in [0.1, 0.15) is 29.2 Å². The maximum atomic E-state index is 11.0. The molecule has 0 heterocycles. The van der Waals surface area contributed by atoms with Crippen LogP contribution in [-0.4, -0.2) is 24.3 Å². The van der Waals surface area contributed by atoms with Crippen molar-refractivity contribution in [3.63, 3.8) is 0 Å². The molecule has 1 aromatic carbocycles. The zero-order valence-electron chi connectivity index (χ0n) is 9.69. The largest absolute Gasteiger partial charge is 0.488 e. The van der Waals surface area contributed by atoms with Crippen molar-refractivity contribution in [2.45, 2.75) is 0 Å². The highest BCUT2D eigenvalue weighted by Crippen LogP contribution is 2.36. The fourth-order valence-corrected chi connectivity index (χ4v) is 1.66. The topological polar surface area (TPSA) is 55.8 Å². The van der Waals surface area contributed by atoms with Crippen LogP contribution in [0.4, 0.5) is 0 Å². The van der Waals surface area contributed by atoms with Crippen molar-refractivity contribution < 1.29 is 19.4 Å². The standard InChI is InChI=1S/C13H13BrO4/c1-3-5-17-10-7-9(13(15)16)8-11(12(10)14)18-6-4-2/h3-4,7-8H,1-2,5-6H2,(H,15,16). The lowest BCUT2D eigenvalue weighted by Crippen LogP contribution is -2.03. The Balaban J connectivity index is 3.14. The van der Waals surface area contributed by atoms with E-state index < -0.39 is 5.97 Å². The van der Waals surface area contributed by atoms with Crippen molar-refractivity contribution in [3.8, 4) is 11.5 Å². The fourth-order valence-electron chi connectivity index (χ4n) is 1.20. The number of hydrogen-bond donors (Lipinski definition) is 1. The van der Waals surface area contributed by atoms with Gasteiger partial charge in [0.15, 0.2) is 0 Å². The van der Waals surface area contributed by atoms with Crippen LogP contribution in [0.2, 0.25) is 0 Å². The molecule has 0 saturated carbocycles. The molecule has 4 nitrogen and oxygen atoms in total. The maximum Gasteiger partial charge on any atom is 0.335 e. The molecule has 18 heavy (non-hydrogen) atoms. The molecule has 96 valence electrons. The molecule has 0 aliphatic carbocycles. The van der Waals surface area contributed by atoms with Crippen LogP contribution in [0.3, 0.4) is 0 Å². The summed E-state index contributed by atoms with van der Waals surface area (Å²) in [5.41, 5.74) is 0.0938. The lowest BCUT2D eigenvalue weighted by Gasteiger charge is -2.12. The predicted octanol–water partition coefficient (Wildman–Crippen LogP) is 3.28. The summed E-state index contributed by atoms with van der Waals surface area (Å²) in [6, 6.07) is 2.85. The van der Waals surface area contributed by atoms with Gasteiger partial charge in [-0.2, -0.15) is 0 Å². The van der Waals surface area contributed by atoms with Gasteiger partial charge >= 0.3 is 5.97 Å². The van der Waals surface area contributed by atoms with E-state index in [1.54, 1.807) is 12.2 Å². The smallest absolute Gasteiger partial charge is 0.335 e. The van der Waals surface area contributed by atoms with Gasteiger partial charge in [0, 0.05) is 0 Å². The molecule has 0 unspecified atom stereocenters. The van der Waals surface area contributed by atoms with E-state index in [2.05, 4.69) is 29.1 Å². The van der Waals surface area contributed by atoms with Crippen molar-refractivity contribution in [1.82, 2.24) is 0 Å². The van der Waals surface area contributed by atoms with Crippen LogP contribution in [0.25, 0.3) is 0 Å². The zero-order chi connectivity index (χ0) is 13.5. The number of carboxylic acids is 1. The van der Waals surface area contributed by atoms with Crippen molar-refractivity contribution in [2.24, 2.45) is 0 Å². The highest BCUT2D eigenvalue weighted by molar-refractivity contribution is 9.10. The highest BCUT2D eigenvalue weighted by atomic mass is 79.9. The van der Waals surface area contributed by atoms with Gasteiger partial charge in [-0.15, -0.1) is 0 Å². The molecule has 5 heteroatoms. The summed E-state index contributed by atoms with van der Waals surface area (Å²) < 4.78 is 11.3. The van der Waals surface area contributed by atoms with Crippen LogP contribution in [0.15, 0.2) is 41.9 Å². The van der Waals surface area contributed by atoms with Crippen LogP contribution in [0.5, 0.6) is 11.5 Å². The van der Waals surface area contributed by atoms with Gasteiger partial charge in [0.2, 0.25) is 0 Å². The first-order valence-corrected chi connectivity index (χ1v) is 5.93. The summed E-state index contributed by atoms with van der Waals surface area (Å²) in [6.07, 6.45) is 3.15. The Morgan fingerprint density at radius 3 is 2.00 bits per heavy atom. The minimum atomic E-state index is -1.05. The summed E-state index contributed by atoms with van der Waals surface area (Å²) in [5, 5.41) is 9.01. The first-order valence-electron chi connectivity index (χ1n) is 5.14. The Labute approximate surface area is 114 Å². The number of carbonyl (C=O) groups is 1. The van der Waals surface area contributed by atoms with Gasteiger partial charge in [0.05, 0.1) is 5.56 Å². The summed E-state index contributed by atoms with van der Waals surface area (Å²) in [5.74, 6) is -0.253. The van der Waals surface area contributed by atoms with Crippen molar-refractivity contribution in [2.75, 3.05) is 13.2 Å². The summed E-state index contributed by atoms with van der Waals surface area (Å²) in [7, 11) is 0. The van der Waals surface area contributed by atoms with E-state index in [0.29, 0.717) is 16.0 Å². The van der Waals surface area contributed by atoms with E-state index >= 15 is 0 Å². The molecule has 0 radical (unpaired) electrons. The lowest BCUT2D eigenvalue weighted by molar-refractivity contribution is 0.0696. The van der Waals surface area contributed by atoms with Gasteiger partial charge in [-0.25, -0.2) is 4.79 Å². The highest BCUT2D eigenvalue weighted by Gasteiger charge is 2.14. The number of halogens is 1. The number of ether oxygens (including phenoxy) is 2. The van der Waals surface area contributed by atoms with Gasteiger partial charge in [0.25, 0.3) is 0 Å². The van der Waals surface area contributed by atoms with Crippen molar-refractivity contribution >= 4 is 21.9 Å². The van der Waals surface area contributed by atoms with Crippen LogP contribution >= 0.6 is 15.9 Å². The average Bonchev–Trinajstić information content (AvgIpc) is 2.35. The van der Waals surface area contributed by atoms with Gasteiger partial charge in [-0.1, -0.05) is 25.3 Å². The molecule has 0 aromatic heterocycles. The Bertz CT molecular complexity index is 435. The molecule has 0 bridgehead atoms. The third kappa shape index (κ3) is 3.63. The molecule has 1 rings (SSSR count). The normalized spacial score (nSPS) is 9.61. The second kappa shape index (κ2) is 6.86. The number of carboxylic acid groups (broad SMARTS) is 1. The van der Waals surface area contributed by atoms with Gasteiger partial charge < -0.3 is 14.6 Å². The average molecular weight is 313 g/mol. The van der Waals surface area contributed by atoms with E-state index in [4.69, 9.17) is 14.6 Å². The Morgan fingerprint density at radius 1 is 1.22 bits per heavy atom. The molecule has 1 N–H and O–H groups in total. The molecular weight excluding hydrogens is 300 g/mol. The number of benzene rings is 1. The maximum absolute atomic E-state index is 11.0. The Morgan fingerprint density at radius 2 is 1.67 bits per heavy atom. The van der Waals surface area contributed by atoms with E-state index in [1.165, 1.54) is 12.1 Å². The van der Waals surface area contributed by atoms with Crippen molar-refractivity contribution in [1.29, 1.82) is 0 Å². The van der Waals surface area contributed by atoms with Crippen molar-refractivity contribution in [3.05, 3.63) is 47.5 Å². The third-order valence-electron chi connectivity index (χ3n) is 1.97. The molecule has 0 fully saturated rings. The molecule has 0 aliphatic rings. The van der Waals surface area contributed by atoms with Gasteiger partial charge in [-0.3, -0.25) is 0 Å². The van der Waals surface area contributed by atoms with Crippen LogP contribution in [0.1, 0.15) is 10.4 Å². The molecule has 0 saturated heterocycles. The number of hydrogen-bond acceptors (Lipinski definition) is 3. The van der Waals surface area contributed by atoms with Crippen LogP contribution in [0, 0.1) is 0 Å². The van der Waals surface area contributed by atoms with Gasteiger partial charge in [-0.05, 0) is 28.1 Å².